The Kier molecular flexibility index (Phi) is 4.31. The second kappa shape index (κ2) is 5.90. The zero-order valence-corrected chi connectivity index (χ0v) is 15.7. The van der Waals surface area contributed by atoms with Gasteiger partial charge in [0.15, 0.2) is 0 Å². The van der Waals surface area contributed by atoms with E-state index in [1.165, 1.54) is 0 Å². The molecule has 3 aliphatic rings. The van der Waals surface area contributed by atoms with Crippen LogP contribution in [0, 0.1) is 16.7 Å². The number of ether oxygens (including phenoxy) is 1. The fourth-order valence-electron chi connectivity index (χ4n) is 5.31. The van der Waals surface area contributed by atoms with Crippen LogP contribution >= 0.6 is 0 Å². The lowest BCUT2D eigenvalue weighted by Gasteiger charge is -2.56. The molecule has 2 amide bonds. The van der Waals surface area contributed by atoms with Crippen LogP contribution in [0.25, 0.3) is 0 Å². The number of hydrogen-bond donors (Lipinski definition) is 0. The Bertz CT molecular complexity index is 518. The van der Waals surface area contributed by atoms with Crippen LogP contribution in [0.5, 0.6) is 0 Å². The number of carbonyl (C=O) groups is 2. The van der Waals surface area contributed by atoms with E-state index in [0.717, 1.165) is 32.6 Å². The monoisotopic (exact) mass is 337 g/mol. The molecule has 0 aromatic heterocycles. The van der Waals surface area contributed by atoms with Crippen molar-refractivity contribution in [1.29, 1.82) is 0 Å². The van der Waals surface area contributed by atoms with Gasteiger partial charge < -0.3 is 14.5 Å². The molecule has 3 fully saturated rings. The molecule has 3 rings (SSSR count). The first-order chi connectivity index (χ1) is 11.1. The quantitative estimate of drug-likeness (QED) is 0.786. The van der Waals surface area contributed by atoms with Crippen LogP contribution in [0.2, 0.25) is 0 Å². The topological polar surface area (TPSA) is 53.1 Å². The highest BCUT2D eigenvalue weighted by Crippen LogP contribution is 2.45. The summed E-state index contributed by atoms with van der Waals surface area (Å²) in [5, 5.41) is 0. The average Bonchev–Trinajstić information content (AvgIpc) is 2.76. The lowest BCUT2D eigenvalue weighted by Crippen LogP contribution is -2.63. The van der Waals surface area contributed by atoms with Gasteiger partial charge in [-0.25, -0.2) is 4.79 Å². The van der Waals surface area contributed by atoms with Crippen molar-refractivity contribution in [3.63, 3.8) is 0 Å². The molecule has 3 heterocycles. The Labute approximate surface area is 145 Å². The minimum Gasteiger partial charge on any atom is -0.447 e. The summed E-state index contributed by atoms with van der Waals surface area (Å²) in [6.45, 7) is 12.8. The summed E-state index contributed by atoms with van der Waals surface area (Å²) in [7, 11) is 2.17. The molecule has 0 spiro atoms. The van der Waals surface area contributed by atoms with E-state index in [1.54, 1.807) is 4.90 Å². The molecular formula is C18H31N3O3. The molecule has 3 saturated heterocycles. The number of likely N-dealkylation sites (tertiary alicyclic amines) is 2. The number of amides is 2. The van der Waals surface area contributed by atoms with E-state index in [2.05, 4.69) is 39.6 Å². The van der Waals surface area contributed by atoms with Crippen molar-refractivity contribution < 1.29 is 14.3 Å². The molecule has 6 heteroatoms. The Hall–Kier alpha value is -1.30. The highest BCUT2D eigenvalue weighted by Gasteiger charge is 2.49. The minimum atomic E-state index is -0.351. The summed E-state index contributed by atoms with van der Waals surface area (Å²) in [6.07, 6.45) is 0.811. The highest BCUT2D eigenvalue weighted by molar-refractivity contribution is 5.83. The van der Waals surface area contributed by atoms with Gasteiger partial charge in [0.05, 0.1) is 6.04 Å². The maximum atomic E-state index is 12.9. The van der Waals surface area contributed by atoms with Crippen molar-refractivity contribution in [2.75, 3.05) is 46.4 Å². The predicted octanol–water partition coefficient (Wildman–Crippen LogP) is 1.65. The van der Waals surface area contributed by atoms with Crippen LogP contribution in [-0.4, -0.2) is 79.1 Å². The number of fused-ring (bicyclic) bond motifs is 2. The van der Waals surface area contributed by atoms with Crippen molar-refractivity contribution in [3.05, 3.63) is 0 Å². The Morgan fingerprint density at radius 3 is 2.33 bits per heavy atom. The second-order valence-corrected chi connectivity index (χ2v) is 9.24. The van der Waals surface area contributed by atoms with Gasteiger partial charge in [-0.15, -0.1) is 0 Å². The number of piperidine rings is 2. The van der Waals surface area contributed by atoms with Crippen LogP contribution < -0.4 is 0 Å². The predicted molar refractivity (Wildman–Crippen MR) is 91.6 cm³/mol. The van der Waals surface area contributed by atoms with Crippen LogP contribution in [-0.2, 0) is 9.53 Å². The van der Waals surface area contributed by atoms with E-state index in [1.807, 2.05) is 4.90 Å². The van der Waals surface area contributed by atoms with E-state index >= 15 is 0 Å². The van der Waals surface area contributed by atoms with Gasteiger partial charge in [0.25, 0.3) is 0 Å². The van der Waals surface area contributed by atoms with Crippen LogP contribution in [0.3, 0.4) is 0 Å². The van der Waals surface area contributed by atoms with Crippen molar-refractivity contribution >= 4 is 12.0 Å². The van der Waals surface area contributed by atoms with E-state index in [-0.39, 0.29) is 41.3 Å². The van der Waals surface area contributed by atoms with Gasteiger partial charge in [-0.05, 0) is 30.2 Å². The molecule has 0 aromatic rings. The highest BCUT2D eigenvalue weighted by atomic mass is 16.6. The molecule has 2 bridgehead atoms. The Morgan fingerprint density at radius 2 is 1.79 bits per heavy atom. The number of cyclic esters (lactones) is 1. The first kappa shape index (κ1) is 17.5. The van der Waals surface area contributed by atoms with Gasteiger partial charge in [-0.1, -0.05) is 27.7 Å². The van der Waals surface area contributed by atoms with Crippen molar-refractivity contribution in [2.24, 2.45) is 16.7 Å². The maximum absolute atomic E-state index is 12.9. The zero-order valence-electron chi connectivity index (χ0n) is 15.7. The van der Waals surface area contributed by atoms with E-state index in [9.17, 15) is 9.59 Å². The van der Waals surface area contributed by atoms with Crippen LogP contribution in [0.4, 0.5) is 4.79 Å². The minimum absolute atomic E-state index is 0.00282. The number of carbonyl (C=O) groups excluding carboxylic acids is 2. The Balaban J connectivity index is 1.71. The fourth-order valence-corrected chi connectivity index (χ4v) is 5.31. The van der Waals surface area contributed by atoms with Crippen molar-refractivity contribution in [3.8, 4) is 0 Å². The molecule has 24 heavy (non-hydrogen) atoms. The summed E-state index contributed by atoms with van der Waals surface area (Å²) in [4.78, 5) is 30.9. The van der Waals surface area contributed by atoms with E-state index in [4.69, 9.17) is 4.74 Å². The molecule has 3 aliphatic heterocycles. The number of hydrogen-bond acceptors (Lipinski definition) is 4. The number of rotatable bonds is 3. The summed E-state index contributed by atoms with van der Waals surface area (Å²) < 4.78 is 5.17. The van der Waals surface area contributed by atoms with Crippen molar-refractivity contribution in [1.82, 2.24) is 14.7 Å². The fraction of sp³-hybridized carbons (Fsp3) is 0.889. The molecule has 6 nitrogen and oxygen atoms in total. The summed E-state index contributed by atoms with van der Waals surface area (Å²) in [5.41, 5.74) is 0.275. The number of nitrogens with zero attached hydrogens (tertiary/aromatic N) is 3. The molecule has 3 atom stereocenters. The van der Waals surface area contributed by atoms with Gasteiger partial charge >= 0.3 is 6.09 Å². The normalized spacial score (nSPS) is 37.1. The lowest BCUT2D eigenvalue weighted by atomic mass is 9.65. The van der Waals surface area contributed by atoms with Crippen LogP contribution in [0.15, 0.2) is 0 Å². The van der Waals surface area contributed by atoms with E-state index in [0.29, 0.717) is 6.61 Å². The van der Waals surface area contributed by atoms with Crippen LogP contribution in [0.1, 0.15) is 34.1 Å². The SMILES string of the molecule is CC(C)[C@H]1COC(=O)N1CC(=O)N1CC2(C)CN(C)CC(C)(C1)C2. The van der Waals surface area contributed by atoms with Crippen molar-refractivity contribution in [2.45, 2.75) is 40.2 Å². The summed E-state index contributed by atoms with van der Waals surface area (Å²) >= 11 is 0. The molecule has 2 unspecified atom stereocenters. The molecular weight excluding hydrogens is 306 g/mol. The average molecular weight is 337 g/mol. The first-order valence-corrected chi connectivity index (χ1v) is 9.01. The standard InChI is InChI=1S/C18H31N3O3/c1-13(2)14-7-24-16(23)21(14)6-15(22)20-11-17(3)8-18(4,12-20)10-19(5)9-17/h13-14H,6-12H2,1-5H3/t14-,17?,18?/m1/s1. The van der Waals surface area contributed by atoms with Gasteiger partial charge in [-0.2, -0.15) is 0 Å². The van der Waals surface area contributed by atoms with E-state index < -0.39 is 0 Å². The molecule has 0 saturated carbocycles. The van der Waals surface area contributed by atoms with Gasteiger partial charge in [0, 0.05) is 26.2 Å². The molecule has 0 aliphatic carbocycles. The summed E-state index contributed by atoms with van der Waals surface area (Å²) in [6, 6.07) is 0.00282. The largest absolute Gasteiger partial charge is 0.447 e. The molecule has 0 radical (unpaired) electrons. The van der Waals surface area contributed by atoms with Gasteiger partial charge in [-0.3, -0.25) is 9.69 Å². The zero-order chi connectivity index (χ0) is 17.7. The van der Waals surface area contributed by atoms with Gasteiger partial charge in [0.2, 0.25) is 5.91 Å². The maximum Gasteiger partial charge on any atom is 0.410 e. The summed E-state index contributed by atoms with van der Waals surface area (Å²) in [5.74, 6) is 0.342. The Morgan fingerprint density at radius 1 is 1.21 bits per heavy atom. The molecule has 0 aromatic carbocycles. The molecule has 136 valence electrons. The third-order valence-electron chi connectivity index (χ3n) is 5.74. The third kappa shape index (κ3) is 3.25. The smallest absolute Gasteiger partial charge is 0.410 e. The molecule has 0 N–H and O–H groups in total. The van der Waals surface area contributed by atoms with Gasteiger partial charge in [0.1, 0.15) is 13.2 Å². The third-order valence-corrected chi connectivity index (χ3v) is 5.74. The lowest BCUT2D eigenvalue weighted by molar-refractivity contribution is -0.144. The second-order valence-electron chi connectivity index (χ2n) is 9.24. The first-order valence-electron chi connectivity index (χ1n) is 9.01.